The molecule has 0 aliphatic carbocycles. The molecule has 0 fully saturated rings. The van der Waals surface area contributed by atoms with Gasteiger partial charge in [-0.05, 0) is 35.2 Å². The Bertz CT molecular complexity index is 866. The number of aliphatic hydroxyl groups excluding tert-OH is 2. The van der Waals surface area contributed by atoms with Crippen molar-refractivity contribution in [2.24, 2.45) is 0 Å². The lowest BCUT2D eigenvalue weighted by Crippen LogP contribution is -2.41. The minimum absolute atomic E-state index is 0.0139. The van der Waals surface area contributed by atoms with Gasteiger partial charge in [-0.25, -0.2) is 0 Å². The van der Waals surface area contributed by atoms with E-state index in [1.165, 1.54) is 0 Å². The summed E-state index contributed by atoms with van der Waals surface area (Å²) in [4.78, 5) is 0. The van der Waals surface area contributed by atoms with Crippen molar-refractivity contribution in [1.29, 1.82) is 0 Å². The third kappa shape index (κ3) is 4.85. The normalized spacial score (nSPS) is 14.2. The van der Waals surface area contributed by atoms with Gasteiger partial charge in [0.1, 0.15) is 11.4 Å². The van der Waals surface area contributed by atoms with Crippen LogP contribution >= 0.6 is 0 Å². The number of hydrogen-bond acceptors (Lipinski definition) is 4. The minimum Gasteiger partial charge on any atom is -0.497 e. The number of aliphatic hydroxyl groups is 2. The third-order valence-electron chi connectivity index (χ3n) is 5.32. The topological polar surface area (TPSA) is 58.9 Å². The lowest BCUT2D eigenvalue weighted by atomic mass is 9.75. The van der Waals surface area contributed by atoms with Crippen LogP contribution in [0.25, 0.3) is 0 Å². The molecule has 0 bridgehead atoms. The van der Waals surface area contributed by atoms with Gasteiger partial charge in [-0.15, -0.1) is 0 Å². The average molecular weight is 392 g/mol. The quantitative estimate of drug-likeness (QED) is 0.541. The maximum absolute atomic E-state index is 10.7. The van der Waals surface area contributed by atoms with Crippen LogP contribution in [0, 0.1) is 0 Å². The van der Waals surface area contributed by atoms with Gasteiger partial charge in [0, 0.05) is 12.5 Å². The fraction of sp³-hybridized carbons (Fsp3) is 0.280. The van der Waals surface area contributed by atoms with E-state index >= 15 is 0 Å². The molecule has 0 saturated heterocycles. The first kappa shape index (κ1) is 21.1. The molecule has 0 spiro atoms. The summed E-state index contributed by atoms with van der Waals surface area (Å²) in [5.74, 6) is 0.453. The Kier molecular flexibility index (Phi) is 7.42. The van der Waals surface area contributed by atoms with Gasteiger partial charge in [0.05, 0.1) is 20.3 Å². The summed E-state index contributed by atoms with van der Waals surface area (Å²) in [6.07, 6.45) is 0.455. The van der Waals surface area contributed by atoms with E-state index in [4.69, 9.17) is 9.47 Å². The molecule has 3 aromatic carbocycles. The Balaban J connectivity index is 2.09. The SMILES string of the molecule is COc1cccc(C(CO)(OCc2ccccc2)C(CCO)c2ccccc2)c1. The van der Waals surface area contributed by atoms with Crippen molar-refractivity contribution in [3.8, 4) is 5.75 Å². The van der Waals surface area contributed by atoms with Crippen molar-refractivity contribution >= 4 is 0 Å². The smallest absolute Gasteiger partial charge is 0.123 e. The summed E-state index contributed by atoms with van der Waals surface area (Å²) < 4.78 is 11.9. The van der Waals surface area contributed by atoms with Gasteiger partial charge in [0.15, 0.2) is 0 Å². The van der Waals surface area contributed by atoms with Gasteiger partial charge >= 0.3 is 0 Å². The van der Waals surface area contributed by atoms with Gasteiger partial charge < -0.3 is 19.7 Å². The molecule has 2 atom stereocenters. The molecule has 0 aliphatic rings. The number of hydrogen-bond donors (Lipinski definition) is 2. The van der Waals surface area contributed by atoms with Crippen LogP contribution < -0.4 is 4.74 Å². The van der Waals surface area contributed by atoms with E-state index in [0.717, 1.165) is 16.7 Å². The number of rotatable bonds is 10. The van der Waals surface area contributed by atoms with E-state index in [9.17, 15) is 10.2 Å². The molecule has 0 aliphatic heterocycles. The molecule has 4 nitrogen and oxygen atoms in total. The van der Waals surface area contributed by atoms with Gasteiger partial charge in [-0.1, -0.05) is 72.8 Å². The van der Waals surface area contributed by atoms with Crippen molar-refractivity contribution in [3.05, 3.63) is 102 Å². The van der Waals surface area contributed by atoms with Crippen LogP contribution in [-0.4, -0.2) is 30.5 Å². The Morgan fingerprint density at radius 2 is 1.55 bits per heavy atom. The molecule has 3 aromatic rings. The first-order valence-corrected chi connectivity index (χ1v) is 9.82. The average Bonchev–Trinajstić information content (AvgIpc) is 2.80. The van der Waals surface area contributed by atoms with E-state index in [0.29, 0.717) is 18.8 Å². The second-order valence-electron chi connectivity index (χ2n) is 7.03. The summed E-state index contributed by atoms with van der Waals surface area (Å²) in [6.45, 7) is 0.0971. The van der Waals surface area contributed by atoms with Crippen LogP contribution in [0.15, 0.2) is 84.9 Å². The fourth-order valence-corrected chi connectivity index (χ4v) is 3.79. The Morgan fingerprint density at radius 1 is 0.862 bits per heavy atom. The molecule has 4 heteroatoms. The van der Waals surface area contributed by atoms with Crippen LogP contribution in [0.3, 0.4) is 0 Å². The van der Waals surface area contributed by atoms with Gasteiger partial charge in [-0.3, -0.25) is 0 Å². The monoisotopic (exact) mass is 392 g/mol. The standard InChI is InChI=1S/C25H28O4/c1-28-23-14-8-13-22(17-23)25(19-27,29-18-20-9-4-2-5-10-20)24(15-16-26)21-11-6-3-7-12-21/h2-14,17,24,26-27H,15-16,18-19H2,1H3. The lowest BCUT2D eigenvalue weighted by molar-refractivity contribution is -0.117. The van der Waals surface area contributed by atoms with Gasteiger partial charge in [-0.2, -0.15) is 0 Å². The third-order valence-corrected chi connectivity index (χ3v) is 5.32. The van der Waals surface area contributed by atoms with E-state index in [1.54, 1.807) is 7.11 Å². The summed E-state index contributed by atoms with van der Waals surface area (Å²) >= 11 is 0. The molecule has 0 heterocycles. The maximum atomic E-state index is 10.7. The molecule has 3 rings (SSSR count). The zero-order chi connectivity index (χ0) is 20.5. The summed E-state index contributed by atoms with van der Waals surface area (Å²) in [7, 11) is 1.62. The molecule has 0 amide bonds. The number of methoxy groups -OCH3 is 1. The fourth-order valence-electron chi connectivity index (χ4n) is 3.79. The number of ether oxygens (including phenoxy) is 2. The van der Waals surface area contributed by atoms with E-state index in [1.807, 2.05) is 84.9 Å². The second-order valence-corrected chi connectivity index (χ2v) is 7.03. The highest BCUT2D eigenvalue weighted by atomic mass is 16.5. The Morgan fingerprint density at radius 3 is 2.17 bits per heavy atom. The molecule has 152 valence electrons. The van der Waals surface area contributed by atoms with Crippen LogP contribution in [0.1, 0.15) is 29.0 Å². The molecular weight excluding hydrogens is 364 g/mol. The Labute approximate surface area is 172 Å². The maximum Gasteiger partial charge on any atom is 0.123 e. The first-order chi connectivity index (χ1) is 14.2. The van der Waals surface area contributed by atoms with E-state index < -0.39 is 5.60 Å². The molecule has 0 aromatic heterocycles. The summed E-state index contributed by atoms with van der Waals surface area (Å²) in [6, 6.07) is 27.4. The van der Waals surface area contributed by atoms with Gasteiger partial charge in [0.2, 0.25) is 0 Å². The van der Waals surface area contributed by atoms with Gasteiger partial charge in [0.25, 0.3) is 0 Å². The largest absolute Gasteiger partial charge is 0.497 e. The van der Waals surface area contributed by atoms with Crippen molar-refractivity contribution in [3.63, 3.8) is 0 Å². The predicted molar refractivity (Wildman–Crippen MR) is 114 cm³/mol. The lowest BCUT2D eigenvalue weighted by Gasteiger charge is -2.40. The van der Waals surface area contributed by atoms with Crippen LogP contribution in [0.4, 0.5) is 0 Å². The van der Waals surface area contributed by atoms with Crippen molar-refractivity contribution in [2.45, 2.75) is 24.5 Å². The highest BCUT2D eigenvalue weighted by Crippen LogP contribution is 2.43. The van der Waals surface area contributed by atoms with Crippen LogP contribution in [0.2, 0.25) is 0 Å². The minimum atomic E-state index is -1.03. The van der Waals surface area contributed by atoms with Crippen LogP contribution in [-0.2, 0) is 16.9 Å². The van der Waals surface area contributed by atoms with Crippen molar-refractivity contribution in [2.75, 3.05) is 20.3 Å². The molecule has 0 saturated carbocycles. The highest BCUT2D eigenvalue weighted by molar-refractivity contribution is 5.37. The number of benzene rings is 3. The first-order valence-electron chi connectivity index (χ1n) is 9.82. The molecular formula is C25H28O4. The second kappa shape index (κ2) is 10.2. The van der Waals surface area contributed by atoms with Crippen LogP contribution in [0.5, 0.6) is 5.75 Å². The van der Waals surface area contributed by atoms with Crippen molar-refractivity contribution < 1.29 is 19.7 Å². The zero-order valence-corrected chi connectivity index (χ0v) is 16.7. The predicted octanol–water partition coefficient (Wildman–Crippen LogP) is 4.27. The summed E-state index contributed by atoms with van der Waals surface area (Å²) in [5, 5.41) is 20.5. The molecule has 2 unspecified atom stereocenters. The molecule has 2 N–H and O–H groups in total. The molecule has 29 heavy (non-hydrogen) atoms. The summed E-state index contributed by atoms with van der Waals surface area (Å²) in [5.41, 5.74) is 1.81. The zero-order valence-electron chi connectivity index (χ0n) is 16.7. The Hall–Kier alpha value is -2.66. The van der Waals surface area contributed by atoms with Crippen molar-refractivity contribution in [1.82, 2.24) is 0 Å². The highest BCUT2D eigenvalue weighted by Gasteiger charge is 2.42. The van der Waals surface area contributed by atoms with E-state index in [-0.39, 0.29) is 19.1 Å². The van der Waals surface area contributed by atoms with E-state index in [2.05, 4.69) is 0 Å². The molecule has 0 radical (unpaired) electrons.